The third-order valence-electron chi connectivity index (χ3n) is 5.28. The predicted octanol–water partition coefficient (Wildman–Crippen LogP) is 7.18. The van der Waals surface area contributed by atoms with Gasteiger partial charge in [-0.05, 0) is 78.0 Å². The Balaban J connectivity index is 2.86. The van der Waals surface area contributed by atoms with Crippen LogP contribution in [0.4, 0.5) is 0 Å². The molecule has 0 aromatic heterocycles. The van der Waals surface area contributed by atoms with Crippen molar-refractivity contribution >= 4 is 0 Å². The molecule has 0 amide bonds. The van der Waals surface area contributed by atoms with E-state index in [0.29, 0.717) is 34.3 Å². The molecule has 0 radical (unpaired) electrons. The van der Waals surface area contributed by atoms with E-state index in [2.05, 4.69) is 55.4 Å². The van der Waals surface area contributed by atoms with Crippen LogP contribution in [0, 0.1) is 28.6 Å². The van der Waals surface area contributed by atoms with Gasteiger partial charge in [-0.2, -0.15) is 0 Å². The molecule has 0 fully saturated rings. The highest BCUT2D eigenvalue weighted by Crippen LogP contribution is 2.36. The molecule has 0 spiro atoms. The van der Waals surface area contributed by atoms with Gasteiger partial charge in [0, 0.05) is 0 Å². The summed E-state index contributed by atoms with van der Waals surface area (Å²) in [5, 5.41) is 20.0. The van der Waals surface area contributed by atoms with Crippen molar-refractivity contribution in [3.63, 3.8) is 0 Å². The van der Waals surface area contributed by atoms with Crippen LogP contribution in [-0.2, 0) is 6.42 Å². The van der Waals surface area contributed by atoms with E-state index >= 15 is 0 Å². The van der Waals surface area contributed by atoms with Crippen LogP contribution in [0.5, 0.6) is 11.5 Å². The fourth-order valence-electron chi connectivity index (χ4n) is 4.38. The van der Waals surface area contributed by atoms with Crippen LogP contribution in [-0.4, -0.2) is 10.2 Å². The standard InChI is InChI=1S/C24H42O2/c1-17(15-23(3,4)5)9-10-19(18(2)16-24(6,7)8)13-20-14-21(25)11-12-22(20)26/h11-12,14,17-19,25-26H,9-10,13,15-16H2,1-8H3. The Labute approximate surface area is 162 Å². The second-order valence-electron chi connectivity index (χ2n) is 11.0. The lowest BCUT2D eigenvalue weighted by Crippen LogP contribution is -2.22. The molecule has 150 valence electrons. The SMILES string of the molecule is CC(CCC(Cc1cc(O)ccc1O)C(C)CC(C)(C)C)CC(C)(C)C. The van der Waals surface area contributed by atoms with E-state index in [0.717, 1.165) is 12.0 Å². The maximum atomic E-state index is 10.2. The third kappa shape index (κ3) is 8.96. The van der Waals surface area contributed by atoms with Gasteiger partial charge in [-0.3, -0.25) is 0 Å². The maximum Gasteiger partial charge on any atom is 0.119 e. The Kier molecular flexibility index (Phi) is 8.04. The molecule has 0 aliphatic carbocycles. The highest BCUT2D eigenvalue weighted by molar-refractivity contribution is 5.38. The lowest BCUT2D eigenvalue weighted by atomic mass is 9.74. The van der Waals surface area contributed by atoms with Gasteiger partial charge in [0.1, 0.15) is 11.5 Å². The molecule has 1 aromatic carbocycles. The van der Waals surface area contributed by atoms with Gasteiger partial charge < -0.3 is 10.2 Å². The van der Waals surface area contributed by atoms with E-state index < -0.39 is 0 Å². The molecule has 3 atom stereocenters. The van der Waals surface area contributed by atoms with E-state index in [1.807, 2.05) is 0 Å². The van der Waals surface area contributed by atoms with E-state index in [9.17, 15) is 10.2 Å². The molecular weight excluding hydrogens is 320 g/mol. The van der Waals surface area contributed by atoms with Crippen molar-refractivity contribution < 1.29 is 10.2 Å². The van der Waals surface area contributed by atoms with Crippen LogP contribution < -0.4 is 0 Å². The second-order valence-corrected chi connectivity index (χ2v) is 11.0. The molecule has 0 aliphatic rings. The van der Waals surface area contributed by atoms with Crippen molar-refractivity contribution in [3.8, 4) is 11.5 Å². The van der Waals surface area contributed by atoms with Crippen molar-refractivity contribution in [1.29, 1.82) is 0 Å². The summed E-state index contributed by atoms with van der Waals surface area (Å²) in [4.78, 5) is 0. The Hall–Kier alpha value is -1.18. The lowest BCUT2D eigenvalue weighted by Gasteiger charge is -2.31. The van der Waals surface area contributed by atoms with Crippen LogP contribution in [0.1, 0.15) is 86.6 Å². The fraction of sp³-hybridized carbons (Fsp3) is 0.750. The zero-order chi connectivity index (χ0) is 20.1. The first-order valence-electron chi connectivity index (χ1n) is 10.3. The van der Waals surface area contributed by atoms with Gasteiger partial charge in [-0.25, -0.2) is 0 Å². The number of rotatable bonds is 8. The van der Waals surface area contributed by atoms with Crippen molar-refractivity contribution in [1.82, 2.24) is 0 Å². The van der Waals surface area contributed by atoms with Crippen molar-refractivity contribution in [2.45, 2.75) is 87.5 Å². The zero-order valence-electron chi connectivity index (χ0n) is 18.4. The Bertz CT molecular complexity index is 548. The minimum absolute atomic E-state index is 0.237. The summed E-state index contributed by atoms with van der Waals surface area (Å²) in [7, 11) is 0. The molecule has 0 bridgehead atoms. The van der Waals surface area contributed by atoms with Crippen LogP contribution in [0.3, 0.4) is 0 Å². The van der Waals surface area contributed by atoms with Gasteiger partial charge in [0.15, 0.2) is 0 Å². The summed E-state index contributed by atoms with van der Waals surface area (Å²) in [5.41, 5.74) is 1.55. The number of hydrogen-bond donors (Lipinski definition) is 2. The zero-order valence-corrected chi connectivity index (χ0v) is 18.4. The molecule has 0 aliphatic heterocycles. The lowest BCUT2D eigenvalue weighted by molar-refractivity contribution is 0.208. The summed E-state index contributed by atoms with van der Waals surface area (Å²) in [6.07, 6.45) is 5.63. The van der Waals surface area contributed by atoms with Gasteiger partial charge in [-0.15, -0.1) is 0 Å². The third-order valence-corrected chi connectivity index (χ3v) is 5.28. The topological polar surface area (TPSA) is 40.5 Å². The van der Waals surface area contributed by atoms with Crippen molar-refractivity contribution in [2.75, 3.05) is 0 Å². The van der Waals surface area contributed by atoms with Crippen LogP contribution in [0.2, 0.25) is 0 Å². The molecule has 0 saturated carbocycles. The largest absolute Gasteiger partial charge is 0.508 e. The van der Waals surface area contributed by atoms with E-state index in [1.54, 1.807) is 18.2 Å². The number of phenols is 2. The molecule has 26 heavy (non-hydrogen) atoms. The molecule has 1 rings (SSSR count). The smallest absolute Gasteiger partial charge is 0.119 e. The average Bonchev–Trinajstić information content (AvgIpc) is 2.43. The van der Waals surface area contributed by atoms with E-state index in [4.69, 9.17) is 0 Å². The quantitative estimate of drug-likeness (QED) is 0.481. The normalized spacial score (nSPS) is 16.3. The Morgan fingerprint density at radius 2 is 1.42 bits per heavy atom. The second kappa shape index (κ2) is 9.15. The maximum absolute atomic E-state index is 10.2. The molecule has 0 saturated heterocycles. The fourth-order valence-corrected chi connectivity index (χ4v) is 4.38. The number of hydrogen-bond acceptors (Lipinski definition) is 2. The van der Waals surface area contributed by atoms with Crippen LogP contribution >= 0.6 is 0 Å². The van der Waals surface area contributed by atoms with Gasteiger partial charge in [0.25, 0.3) is 0 Å². The van der Waals surface area contributed by atoms with Gasteiger partial charge >= 0.3 is 0 Å². The first-order valence-corrected chi connectivity index (χ1v) is 10.3. The van der Waals surface area contributed by atoms with Crippen LogP contribution in [0.15, 0.2) is 18.2 Å². The molecule has 2 heteroatoms. The Morgan fingerprint density at radius 3 is 1.96 bits per heavy atom. The van der Waals surface area contributed by atoms with Gasteiger partial charge in [0.05, 0.1) is 0 Å². The first kappa shape index (κ1) is 22.9. The Morgan fingerprint density at radius 1 is 0.846 bits per heavy atom. The summed E-state index contributed by atoms with van der Waals surface area (Å²) in [6.45, 7) is 18.6. The molecular formula is C24H42O2. The average molecular weight is 363 g/mol. The molecule has 2 nitrogen and oxygen atoms in total. The number of benzene rings is 1. The monoisotopic (exact) mass is 362 g/mol. The summed E-state index contributed by atoms with van der Waals surface area (Å²) >= 11 is 0. The minimum Gasteiger partial charge on any atom is -0.508 e. The van der Waals surface area contributed by atoms with Crippen LogP contribution in [0.25, 0.3) is 0 Å². The molecule has 2 N–H and O–H groups in total. The molecule has 0 heterocycles. The van der Waals surface area contributed by atoms with Gasteiger partial charge in [0.2, 0.25) is 0 Å². The number of aromatic hydroxyl groups is 2. The van der Waals surface area contributed by atoms with E-state index in [1.165, 1.54) is 25.7 Å². The first-order chi connectivity index (χ1) is 11.8. The van der Waals surface area contributed by atoms with Gasteiger partial charge in [-0.1, -0.05) is 61.8 Å². The summed E-state index contributed by atoms with van der Waals surface area (Å²) < 4.78 is 0. The highest BCUT2D eigenvalue weighted by Gasteiger charge is 2.25. The summed E-state index contributed by atoms with van der Waals surface area (Å²) in [5.74, 6) is 2.35. The summed E-state index contributed by atoms with van der Waals surface area (Å²) in [6, 6.07) is 4.89. The predicted molar refractivity (Wildman–Crippen MR) is 113 cm³/mol. The minimum atomic E-state index is 0.237. The van der Waals surface area contributed by atoms with Crippen molar-refractivity contribution in [3.05, 3.63) is 23.8 Å². The molecule has 1 aromatic rings. The molecule has 3 unspecified atom stereocenters. The van der Waals surface area contributed by atoms with Crippen molar-refractivity contribution in [2.24, 2.45) is 28.6 Å². The van der Waals surface area contributed by atoms with E-state index in [-0.39, 0.29) is 5.75 Å². The number of phenolic OH excluding ortho intramolecular Hbond substituents is 2. The highest BCUT2D eigenvalue weighted by atomic mass is 16.3.